The monoisotopic (exact) mass is 518 g/mol. The second kappa shape index (κ2) is 13.7. The van der Waals surface area contributed by atoms with Gasteiger partial charge >= 0.3 is 0 Å². The van der Waals surface area contributed by atoms with Gasteiger partial charge in [-0.25, -0.2) is 0 Å². The minimum absolute atomic E-state index is 0.00142. The van der Waals surface area contributed by atoms with Crippen LogP contribution in [0, 0.1) is 0 Å². The summed E-state index contributed by atoms with van der Waals surface area (Å²) < 4.78 is 22.8. The lowest BCUT2D eigenvalue weighted by Crippen LogP contribution is -2.10. The van der Waals surface area contributed by atoms with Crippen LogP contribution in [0.25, 0.3) is 24.3 Å². The standard InChI is InChI=1S/C32H38O6/c1-21(2)37-31-27(19-33)15-25(16-28(31)20-34)13-11-23-7-9-24(10-8-23)12-14-26-17-29(35-5)32(38-22(3)4)30(18-26)36-6/h7-18,21-22,33-34H,19-20H2,1-6H3. The molecule has 6 heteroatoms. The molecule has 0 radical (unpaired) electrons. The largest absolute Gasteiger partial charge is 0.493 e. The van der Waals surface area contributed by atoms with Crippen molar-refractivity contribution in [2.45, 2.75) is 53.1 Å². The van der Waals surface area contributed by atoms with Gasteiger partial charge in [0, 0.05) is 11.1 Å². The normalized spacial score (nSPS) is 11.6. The molecule has 0 fully saturated rings. The van der Waals surface area contributed by atoms with Crippen molar-refractivity contribution in [2.75, 3.05) is 14.2 Å². The van der Waals surface area contributed by atoms with Gasteiger partial charge in [0.2, 0.25) is 5.75 Å². The van der Waals surface area contributed by atoms with Crippen LogP contribution in [-0.4, -0.2) is 36.6 Å². The number of ether oxygens (including phenoxy) is 4. The molecule has 0 amide bonds. The lowest BCUT2D eigenvalue weighted by molar-refractivity contribution is 0.213. The highest BCUT2D eigenvalue weighted by Crippen LogP contribution is 2.39. The average Bonchev–Trinajstić information content (AvgIpc) is 2.91. The van der Waals surface area contributed by atoms with Crippen molar-refractivity contribution < 1.29 is 29.2 Å². The molecule has 0 unspecified atom stereocenters. The third-order valence-electron chi connectivity index (χ3n) is 5.67. The lowest BCUT2D eigenvalue weighted by atomic mass is 10.0. The SMILES string of the molecule is COc1cc(C=Cc2ccc(C=Cc3cc(CO)c(OC(C)C)c(CO)c3)cc2)cc(OC)c1OC(C)C. The number of hydrogen-bond acceptors (Lipinski definition) is 6. The summed E-state index contributed by atoms with van der Waals surface area (Å²) in [7, 11) is 3.23. The zero-order chi connectivity index (χ0) is 27.7. The summed E-state index contributed by atoms with van der Waals surface area (Å²) in [5, 5.41) is 19.6. The van der Waals surface area contributed by atoms with E-state index in [-0.39, 0.29) is 25.4 Å². The van der Waals surface area contributed by atoms with Crippen molar-refractivity contribution in [1.29, 1.82) is 0 Å². The highest BCUT2D eigenvalue weighted by Gasteiger charge is 2.15. The molecule has 0 saturated carbocycles. The van der Waals surface area contributed by atoms with Crippen molar-refractivity contribution in [1.82, 2.24) is 0 Å². The van der Waals surface area contributed by atoms with Gasteiger partial charge < -0.3 is 29.2 Å². The van der Waals surface area contributed by atoms with E-state index in [2.05, 4.69) is 0 Å². The molecule has 3 aromatic carbocycles. The minimum atomic E-state index is -0.164. The topological polar surface area (TPSA) is 77.4 Å². The molecule has 202 valence electrons. The Morgan fingerprint density at radius 2 is 0.947 bits per heavy atom. The number of benzene rings is 3. The van der Waals surface area contributed by atoms with Crippen LogP contribution in [0.1, 0.15) is 61.1 Å². The third kappa shape index (κ3) is 7.63. The summed E-state index contributed by atoms with van der Waals surface area (Å²) in [6.07, 6.45) is 7.93. The van der Waals surface area contributed by atoms with Crippen LogP contribution >= 0.6 is 0 Å². The Bertz CT molecular complexity index is 1110. The van der Waals surface area contributed by atoms with Crippen LogP contribution in [0.3, 0.4) is 0 Å². The van der Waals surface area contributed by atoms with Crippen LogP contribution in [0.2, 0.25) is 0 Å². The van der Waals surface area contributed by atoms with Crippen molar-refractivity contribution in [2.24, 2.45) is 0 Å². The van der Waals surface area contributed by atoms with Crippen molar-refractivity contribution in [3.8, 4) is 23.0 Å². The van der Waals surface area contributed by atoms with Gasteiger partial charge in [0.1, 0.15) is 5.75 Å². The van der Waals surface area contributed by atoms with Crippen LogP contribution in [0.15, 0.2) is 48.5 Å². The van der Waals surface area contributed by atoms with E-state index >= 15 is 0 Å². The lowest BCUT2D eigenvalue weighted by Gasteiger charge is -2.17. The Kier molecular flexibility index (Phi) is 10.4. The minimum Gasteiger partial charge on any atom is -0.493 e. The van der Waals surface area contributed by atoms with Gasteiger partial charge in [-0.1, -0.05) is 48.6 Å². The Morgan fingerprint density at radius 1 is 0.579 bits per heavy atom. The molecular formula is C32H38O6. The Balaban J connectivity index is 1.78. The number of aliphatic hydroxyl groups excluding tert-OH is 2. The van der Waals surface area contributed by atoms with Crippen LogP contribution in [0.5, 0.6) is 23.0 Å². The number of hydrogen-bond donors (Lipinski definition) is 2. The fraction of sp³-hybridized carbons (Fsp3) is 0.312. The summed E-state index contributed by atoms with van der Waals surface area (Å²) >= 11 is 0. The second-order valence-electron chi connectivity index (χ2n) is 9.41. The molecule has 6 nitrogen and oxygen atoms in total. The third-order valence-corrected chi connectivity index (χ3v) is 5.67. The van der Waals surface area contributed by atoms with Crippen LogP contribution in [-0.2, 0) is 13.2 Å². The molecule has 0 aliphatic carbocycles. The summed E-state index contributed by atoms with van der Waals surface area (Å²) in [4.78, 5) is 0. The van der Waals surface area contributed by atoms with Gasteiger partial charge in [-0.05, 0) is 74.2 Å². The first-order chi connectivity index (χ1) is 18.3. The number of methoxy groups -OCH3 is 2. The van der Waals surface area contributed by atoms with E-state index in [0.29, 0.717) is 34.1 Å². The van der Waals surface area contributed by atoms with Crippen molar-refractivity contribution in [3.63, 3.8) is 0 Å². The molecule has 0 atom stereocenters. The maximum Gasteiger partial charge on any atom is 0.203 e. The molecule has 0 aromatic heterocycles. The van der Waals surface area contributed by atoms with E-state index in [0.717, 1.165) is 22.3 Å². The van der Waals surface area contributed by atoms with Gasteiger partial charge in [0.15, 0.2) is 11.5 Å². The summed E-state index contributed by atoms with van der Waals surface area (Å²) in [6, 6.07) is 15.8. The van der Waals surface area contributed by atoms with Crippen molar-refractivity contribution in [3.05, 3.63) is 81.9 Å². The Hall–Kier alpha value is -3.74. The quantitative estimate of drug-likeness (QED) is 0.263. The molecule has 3 rings (SSSR count). The summed E-state index contributed by atoms with van der Waals surface area (Å²) in [5.74, 6) is 2.39. The molecule has 38 heavy (non-hydrogen) atoms. The van der Waals surface area contributed by atoms with Gasteiger partial charge in [-0.2, -0.15) is 0 Å². The highest BCUT2D eigenvalue weighted by atomic mass is 16.5. The number of rotatable bonds is 12. The molecule has 0 saturated heterocycles. The van der Waals surface area contributed by atoms with Crippen molar-refractivity contribution >= 4 is 24.3 Å². The highest BCUT2D eigenvalue weighted by molar-refractivity contribution is 5.75. The van der Waals surface area contributed by atoms with Gasteiger partial charge in [0.05, 0.1) is 39.6 Å². The van der Waals surface area contributed by atoms with Gasteiger partial charge in [-0.15, -0.1) is 0 Å². The maximum atomic E-state index is 9.82. The van der Waals surface area contributed by atoms with E-state index in [1.54, 1.807) is 14.2 Å². The number of aliphatic hydroxyl groups is 2. The zero-order valence-corrected chi connectivity index (χ0v) is 23.0. The van der Waals surface area contributed by atoms with Crippen LogP contribution in [0.4, 0.5) is 0 Å². The fourth-order valence-electron chi connectivity index (χ4n) is 3.95. The van der Waals surface area contributed by atoms with E-state index in [1.165, 1.54) is 0 Å². The zero-order valence-electron chi connectivity index (χ0n) is 23.0. The maximum absolute atomic E-state index is 9.82. The molecule has 3 aromatic rings. The Labute approximate surface area is 225 Å². The first-order valence-electron chi connectivity index (χ1n) is 12.7. The van der Waals surface area contributed by atoms with E-state index in [4.69, 9.17) is 18.9 Å². The van der Waals surface area contributed by atoms with E-state index in [1.807, 2.05) is 101 Å². The van der Waals surface area contributed by atoms with Gasteiger partial charge in [-0.3, -0.25) is 0 Å². The first kappa shape index (κ1) is 28.8. The smallest absolute Gasteiger partial charge is 0.203 e. The average molecular weight is 519 g/mol. The summed E-state index contributed by atoms with van der Waals surface area (Å²) in [6.45, 7) is 7.43. The molecule has 0 aliphatic heterocycles. The molecule has 0 aliphatic rings. The van der Waals surface area contributed by atoms with E-state index < -0.39 is 0 Å². The summed E-state index contributed by atoms with van der Waals surface area (Å²) in [5.41, 5.74) is 5.20. The van der Waals surface area contributed by atoms with Gasteiger partial charge in [0.25, 0.3) is 0 Å². The molecule has 0 heterocycles. The Morgan fingerprint density at radius 3 is 1.32 bits per heavy atom. The predicted molar refractivity (Wildman–Crippen MR) is 154 cm³/mol. The fourth-order valence-corrected chi connectivity index (χ4v) is 3.95. The van der Waals surface area contributed by atoms with Crippen LogP contribution < -0.4 is 18.9 Å². The van der Waals surface area contributed by atoms with E-state index in [9.17, 15) is 10.2 Å². The molecule has 2 N–H and O–H groups in total. The molecular weight excluding hydrogens is 480 g/mol. The predicted octanol–water partition coefficient (Wildman–Crippen LogP) is 6.60. The molecule has 0 spiro atoms. The second-order valence-corrected chi connectivity index (χ2v) is 9.41. The first-order valence-corrected chi connectivity index (χ1v) is 12.7. The molecule has 0 bridgehead atoms.